The van der Waals surface area contributed by atoms with Gasteiger partial charge < -0.3 is 15.5 Å². The highest BCUT2D eigenvalue weighted by atomic mass is 16.2. The molecule has 0 unspecified atom stereocenters. The van der Waals surface area contributed by atoms with Gasteiger partial charge in [0.1, 0.15) is 6.04 Å². The summed E-state index contributed by atoms with van der Waals surface area (Å²) in [6.45, 7) is 5.46. The smallest absolute Gasteiger partial charge is 0.243 e. The Bertz CT molecular complexity index is 1350. The van der Waals surface area contributed by atoms with Gasteiger partial charge in [-0.3, -0.25) is 29.0 Å². The lowest BCUT2D eigenvalue weighted by Crippen LogP contribution is -2.60. The van der Waals surface area contributed by atoms with Crippen molar-refractivity contribution in [3.8, 4) is 0 Å². The molecule has 218 valence electrons. The van der Waals surface area contributed by atoms with Gasteiger partial charge in [-0.25, -0.2) is 0 Å². The summed E-state index contributed by atoms with van der Waals surface area (Å²) >= 11 is 0. The number of piperazine rings is 2. The molecule has 2 saturated heterocycles. The maximum absolute atomic E-state index is 13.4. The first-order valence-corrected chi connectivity index (χ1v) is 14.4. The van der Waals surface area contributed by atoms with E-state index >= 15 is 0 Å². The van der Waals surface area contributed by atoms with Crippen LogP contribution in [0.3, 0.4) is 0 Å². The van der Waals surface area contributed by atoms with Crippen molar-refractivity contribution in [1.29, 1.82) is 0 Å². The van der Waals surface area contributed by atoms with E-state index in [4.69, 9.17) is 0 Å². The SMILES string of the molecule is CC(=O)c1ccc(NC(=O)C[C@H]2C(=O)NCCN2C(=O)CN2CCN(C(c3ccccc3)c3ccccc3)CC2)cc1. The standard InChI is InChI=1S/C33H37N5O4/c1-24(39)25-12-14-28(15-13-25)35-30(40)22-29-33(42)34-16-17-38(29)31(41)23-36-18-20-37(21-19-36)32(26-8-4-2-5-9-26)27-10-6-3-7-11-27/h2-15,29,32H,16-23H2,1H3,(H,34,42)(H,35,40)/t29-/m0/s1. The normalized spacial score (nSPS) is 18.0. The van der Waals surface area contributed by atoms with Crippen molar-refractivity contribution in [3.63, 3.8) is 0 Å². The molecule has 9 nitrogen and oxygen atoms in total. The van der Waals surface area contributed by atoms with Crippen molar-refractivity contribution in [2.24, 2.45) is 0 Å². The number of carbonyl (C=O) groups is 4. The molecule has 3 aromatic rings. The lowest BCUT2D eigenvalue weighted by atomic mass is 9.96. The summed E-state index contributed by atoms with van der Waals surface area (Å²) in [4.78, 5) is 56.7. The van der Waals surface area contributed by atoms with Crippen LogP contribution in [0.25, 0.3) is 0 Å². The van der Waals surface area contributed by atoms with Gasteiger partial charge in [0, 0.05) is 50.5 Å². The molecule has 0 aromatic heterocycles. The largest absolute Gasteiger partial charge is 0.353 e. The van der Waals surface area contributed by atoms with Gasteiger partial charge in [0.2, 0.25) is 17.7 Å². The van der Waals surface area contributed by atoms with Crippen LogP contribution < -0.4 is 10.6 Å². The third kappa shape index (κ3) is 7.10. The first kappa shape index (κ1) is 29.2. The molecule has 1 atom stereocenters. The zero-order valence-electron chi connectivity index (χ0n) is 23.9. The molecule has 0 bridgehead atoms. The second-order valence-corrected chi connectivity index (χ2v) is 10.8. The molecule has 0 aliphatic carbocycles. The molecular weight excluding hydrogens is 530 g/mol. The Hall–Kier alpha value is -4.34. The van der Waals surface area contributed by atoms with Crippen molar-refractivity contribution in [2.75, 3.05) is 51.1 Å². The summed E-state index contributed by atoms with van der Waals surface area (Å²) in [5, 5.41) is 5.56. The molecule has 3 aromatic carbocycles. The number of rotatable bonds is 9. The molecule has 2 aliphatic heterocycles. The van der Waals surface area contributed by atoms with E-state index < -0.39 is 6.04 Å². The van der Waals surface area contributed by atoms with Crippen molar-refractivity contribution < 1.29 is 19.2 Å². The van der Waals surface area contributed by atoms with Crippen molar-refractivity contribution >= 4 is 29.2 Å². The number of anilines is 1. The first-order chi connectivity index (χ1) is 20.4. The lowest BCUT2D eigenvalue weighted by molar-refractivity contribution is -0.145. The molecule has 42 heavy (non-hydrogen) atoms. The van der Waals surface area contributed by atoms with E-state index in [9.17, 15) is 19.2 Å². The average Bonchev–Trinajstić information content (AvgIpc) is 3.00. The summed E-state index contributed by atoms with van der Waals surface area (Å²) in [5.74, 6) is -0.902. The fraction of sp³-hybridized carbons (Fsp3) is 0.333. The molecule has 9 heteroatoms. The van der Waals surface area contributed by atoms with Crippen LogP contribution in [-0.4, -0.2) is 90.1 Å². The molecular formula is C33H37N5O4. The van der Waals surface area contributed by atoms with Crippen molar-refractivity contribution in [1.82, 2.24) is 20.0 Å². The number of hydrogen-bond donors (Lipinski definition) is 2. The Balaban J connectivity index is 1.18. The molecule has 0 radical (unpaired) electrons. The Labute approximate surface area is 246 Å². The van der Waals surface area contributed by atoms with Crippen LogP contribution >= 0.6 is 0 Å². The first-order valence-electron chi connectivity index (χ1n) is 14.4. The Morgan fingerprint density at radius 3 is 2.00 bits per heavy atom. The molecule has 0 spiro atoms. The van der Waals surface area contributed by atoms with Gasteiger partial charge in [-0.2, -0.15) is 0 Å². The van der Waals surface area contributed by atoms with E-state index in [2.05, 4.69) is 69.0 Å². The maximum Gasteiger partial charge on any atom is 0.243 e. The minimum Gasteiger partial charge on any atom is -0.353 e. The zero-order valence-corrected chi connectivity index (χ0v) is 23.9. The summed E-state index contributed by atoms with van der Waals surface area (Å²) in [5.41, 5.74) is 3.56. The molecule has 2 N–H and O–H groups in total. The van der Waals surface area contributed by atoms with Crippen LogP contribution in [0.2, 0.25) is 0 Å². The van der Waals surface area contributed by atoms with Crippen LogP contribution in [0, 0.1) is 0 Å². The average molecular weight is 568 g/mol. The maximum atomic E-state index is 13.4. The van der Waals surface area contributed by atoms with Gasteiger partial charge in [-0.05, 0) is 42.3 Å². The second kappa shape index (κ2) is 13.5. The topological polar surface area (TPSA) is 102 Å². The molecule has 3 amide bonds. The molecule has 2 fully saturated rings. The van der Waals surface area contributed by atoms with Gasteiger partial charge in [-0.1, -0.05) is 60.7 Å². The van der Waals surface area contributed by atoms with Crippen LogP contribution in [0.1, 0.15) is 40.9 Å². The molecule has 2 heterocycles. The van der Waals surface area contributed by atoms with E-state index in [-0.39, 0.29) is 42.5 Å². The summed E-state index contributed by atoms with van der Waals surface area (Å²) in [6.07, 6.45) is -0.143. The number of carbonyl (C=O) groups excluding carboxylic acids is 4. The van der Waals surface area contributed by atoms with Crippen LogP contribution in [0.5, 0.6) is 0 Å². The predicted octanol–water partition coefficient (Wildman–Crippen LogP) is 2.95. The van der Waals surface area contributed by atoms with Crippen LogP contribution in [0.4, 0.5) is 5.69 Å². The number of benzene rings is 3. The second-order valence-electron chi connectivity index (χ2n) is 10.8. The van der Waals surface area contributed by atoms with Crippen LogP contribution in [0.15, 0.2) is 84.9 Å². The van der Waals surface area contributed by atoms with Gasteiger partial charge >= 0.3 is 0 Å². The highest BCUT2D eigenvalue weighted by Gasteiger charge is 2.36. The number of nitrogens with one attached hydrogen (secondary N) is 2. The fourth-order valence-electron chi connectivity index (χ4n) is 5.74. The number of Topliss-reactive ketones (excluding diaryl/α,β-unsaturated/α-hetero) is 1. The Morgan fingerprint density at radius 2 is 1.43 bits per heavy atom. The number of hydrogen-bond acceptors (Lipinski definition) is 6. The van der Waals surface area contributed by atoms with Gasteiger partial charge in [-0.15, -0.1) is 0 Å². The van der Waals surface area contributed by atoms with E-state index in [0.29, 0.717) is 24.3 Å². The minimum atomic E-state index is -0.871. The van der Waals surface area contributed by atoms with Crippen molar-refractivity contribution in [3.05, 3.63) is 102 Å². The van der Waals surface area contributed by atoms with Gasteiger partial charge in [0.15, 0.2) is 5.78 Å². The fourth-order valence-corrected chi connectivity index (χ4v) is 5.74. The van der Waals surface area contributed by atoms with Gasteiger partial charge in [0.25, 0.3) is 0 Å². The number of amides is 3. The monoisotopic (exact) mass is 567 g/mol. The minimum absolute atomic E-state index is 0.0606. The van der Waals surface area contributed by atoms with Gasteiger partial charge in [0.05, 0.1) is 19.0 Å². The quantitative estimate of drug-likeness (QED) is 0.386. The number of ketones is 1. The highest BCUT2D eigenvalue weighted by molar-refractivity contribution is 5.98. The van der Waals surface area contributed by atoms with E-state index in [1.54, 1.807) is 29.2 Å². The summed E-state index contributed by atoms with van der Waals surface area (Å²) in [7, 11) is 0. The molecule has 0 saturated carbocycles. The third-order valence-corrected chi connectivity index (χ3v) is 7.97. The Morgan fingerprint density at radius 1 is 0.833 bits per heavy atom. The lowest BCUT2D eigenvalue weighted by Gasteiger charge is -2.41. The molecule has 5 rings (SSSR count). The Kier molecular flexibility index (Phi) is 9.41. The highest BCUT2D eigenvalue weighted by Crippen LogP contribution is 2.29. The van der Waals surface area contributed by atoms with E-state index in [0.717, 1.165) is 26.2 Å². The summed E-state index contributed by atoms with van der Waals surface area (Å²) < 4.78 is 0. The van der Waals surface area contributed by atoms with E-state index in [1.807, 2.05) is 12.1 Å². The molecule has 2 aliphatic rings. The third-order valence-electron chi connectivity index (χ3n) is 7.97. The van der Waals surface area contributed by atoms with Crippen LogP contribution in [-0.2, 0) is 14.4 Å². The zero-order chi connectivity index (χ0) is 29.5. The van der Waals surface area contributed by atoms with E-state index in [1.165, 1.54) is 18.1 Å². The predicted molar refractivity (Wildman–Crippen MR) is 161 cm³/mol. The number of nitrogens with zero attached hydrogens (tertiary/aromatic N) is 3. The van der Waals surface area contributed by atoms with Crippen molar-refractivity contribution in [2.45, 2.75) is 25.4 Å². The summed E-state index contributed by atoms with van der Waals surface area (Å²) in [6, 6.07) is 26.8.